The molecule has 0 bridgehead atoms. The number of carbonyl (C=O) groups is 1. The van der Waals surface area contributed by atoms with Gasteiger partial charge in [-0.25, -0.2) is 4.79 Å². The third-order valence-electron chi connectivity index (χ3n) is 6.68. The molecule has 0 saturated carbocycles. The molecule has 0 N–H and O–H groups in total. The van der Waals surface area contributed by atoms with Crippen LogP contribution in [0.25, 0.3) is 0 Å². The van der Waals surface area contributed by atoms with Gasteiger partial charge in [-0.05, 0) is 90.3 Å². The smallest absolute Gasteiger partial charge is 0.410 e. The highest BCUT2D eigenvalue weighted by molar-refractivity contribution is 5.68. The molecule has 0 unspecified atom stereocenters. The molecule has 1 aromatic rings. The summed E-state index contributed by atoms with van der Waals surface area (Å²) < 4.78 is 11.5. The Bertz CT molecular complexity index is 657. The summed E-state index contributed by atoms with van der Waals surface area (Å²) in [7, 11) is 0. The molecule has 0 spiro atoms. The third-order valence-corrected chi connectivity index (χ3v) is 6.68. The van der Waals surface area contributed by atoms with Gasteiger partial charge in [-0.1, -0.05) is 30.3 Å². The van der Waals surface area contributed by atoms with Gasteiger partial charge in [0.25, 0.3) is 0 Å². The van der Waals surface area contributed by atoms with Gasteiger partial charge in [0, 0.05) is 19.1 Å². The zero-order valence-electron chi connectivity index (χ0n) is 20.0. The number of piperidine rings is 2. The van der Waals surface area contributed by atoms with E-state index in [0.29, 0.717) is 12.6 Å². The first-order valence-corrected chi connectivity index (χ1v) is 12.1. The van der Waals surface area contributed by atoms with Crippen LogP contribution >= 0.6 is 0 Å². The second-order valence-corrected chi connectivity index (χ2v) is 10.5. The van der Waals surface area contributed by atoms with Gasteiger partial charge in [0.05, 0.1) is 13.2 Å². The average Bonchev–Trinajstić information content (AvgIpc) is 2.74. The minimum Gasteiger partial charge on any atom is -0.444 e. The maximum Gasteiger partial charge on any atom is 0.410 e. The van der Waals surface area contributed by atoms with E-state index in [0.717, 1.165) is 44.4 Å². The maximum atomic E-state index is 12.3. The van der Waals surface area contributed by atoms with Gasteiger partial charge in [0.1, 0.15) is 5.60 Å². The highest BCUT2D eigenvalue weighted by atomic mass is 16.6. The molecule has 5 heteroatoms. The fourth-order valence-corrected chi connectivity index (χ4v) is 4.81. The lowest BCUT2D eigenvalue weighted by Gasteiger charge is -2.38. The van der Waals surface area contributed by atoms with Crippen molar-refractivity contribution in [3.63, 3.8) is 0 Å². The van der Waals surface area contributed by atoms with Gasteiger partial charge < -0.3 is 14.4 Å². The maximum absolute atomic E-state index is 12.3. The van der Waals surface area contributed by atoms with Crippen LogP contribution in [0.3, 0.4) is 0 Å². The second kappa shape index (κ2) is 11.3. The van der Waals surface area contributed by atoms with E-state index in [1.54, 1.807) is 0 Å². The molecule has 0 aromatic heterocycles. The van der Waals surface area contributed by atoms with Crippen molar-refractivity contribution in [3.05, 3.63) is 35.9 Å². The molecular weight excluding hydrogens is 388 g/mol. The summed E-state index contributed by atoms with van der Waals surface area (Å²) in [5.41, 5.74) is 0.831. The van der Waals surface area contributed by atoms with Gasteiger partial charge in [-0.15, -0.1) is 0 Å². The molecule has 5 nitrogen and oxygen atoms in total. The summed E-state index contributed by atoms with van der Waals surface area (Å²) in [6, 6.07) is 10.9. The van der Waals surface area contributed by atoms with E-state index in [9.17, 15) is 4.79 Å². The fourth-order valence-electron chi connectivity index (χ4n) is 4.81. The topological polar surface area (TPSA) is 42.0 Å². The molecule has 2 heterocycles. The van der Waals surface area contributed by atoms with E-state index >= 15 is 0 Å². The lowest BCUT2D eigenvalue weighted by Crippen LogP contribution is -2.43. The molecule has 1 aromatic carbocycles. The average molecular weight is 431 g/mol. The number of ether oxygens (including phenoxy) is 2. The fraction of sp³-hybridized carbons (Fsp3) is 0.731. The molecule has 31 heavy (non-hydrogen) atoms. The molecule has 1 atom stereocenters. The molecule has 2 fully saturated rings. The monoisotopic (exact) mass is 430 g/mol. The summed E-state index contributed by atoms with van der Waals surface area (Å²) >= 11 is 0. The molecule has 2 aliphatic rings. The Labute approximate surface area is 189 Å². The number of hydrogen-bond donors (Lipinski definition) is 0. The number of nitrogens with zero attached hydrogens (tertiary/aromatic N) is 2. The van der Waals surface area contributed by atoms with Crippen molar-refractivity contribution in [3.8, 4) is 0 Å². The van der Waals surface area contributed by atoms with Crippen LogP contribution in [0, 0.1) is 11.8 Å². The molecule has 1 amide bonds. The molecular formula is C26H42N2O3. The predicted molar refractivity (Wildman–Crippen MR) is 125 cm³/mol. The van der Waals surface area contributed by atoms with Crippen LogP contribution in [0.1, 0.15) is 65.4 Å². The minimum atomic E-state index is -0.411. The zero-order chi connectivity index (χ0) is 22.3. The SMILES string of the molecule is C[C@@H](COCc1ccccc1)N1CCC(CC2CCN(C(=O)OC(C)(C)C)CC2)CC1. The summed E-state index contributed by atoms with van der Waals surface area (Å²) in [4.78, 5) is 16.7. The summed E-state index contributed by atoms with van der Waals surface area (Å²) in [5, 5.41) is 0. The first-order valence-electron chi connectivity index (χ1n) is 12.1. The van der Waals surface area contributed by atoms with Crippen molar-refractivity contribution in [1.29, 1.82) is 0 Å². The predicted octanol–water partition coefficient (Wildman–Crippen LogP) is 5.34. The Balaban J connectivity index is 1.30. The quantitative estimate of drug-likeness (QED) is 0.585. The number of carbonyl (C=O) groups excluding carboxylic acids is 1. The molecule has 3 rings (SSSR count). The third kappa shape index (κ3) is 8.12. The second-order valence-electron chi connectivity index (χ2n) is 10.5. The highest BCUT2D eigenvalue weighted by Crippen LogP contribution is 2.31. The molecule has 0 radical (unpaired) electrons. The van der Waals surface area contributed by atoms with Gasteiger partial charge in [-0.2, -0.15) is 0 Å². The first-order chi connectivity index (χ1) is 14.8. The van der Waals surface area contributed by atoms with Crippen LogP contribution in [0.15, 0.2) is 30.3 Å². The van der Waals surface area contributed by atoms with Gasteiger partial charge >= 0.3 is 6.09 Å². The van der Waals surface area contributed by atoms with E-state index < -0.39 is 5.60 Å². The summed E-state index contributed by atoms with van der Waals surface area (Å²) in [6.07, 6.45) is 5.97. The largest absolute Gasteiger partial charge is 0.444 e. The van der Waals surface area contributed by atoms with E-state index in [4.69, 9.17) is 9.47 Å². The summed E-state index contributed by atoms with van der Waals surface area (Å²) in [5.74, 6) is 1.58. The highest BCUT2D eigenvalue weighted by Gasteiger charge is 2.29. The standard InChI is InChI=1S/C26H42N2O3/c1-21(19-30-20-24-8-6-5-7-9-24)27-14-10-22(11-15-27)18-23-12-16-28(17-13-23)25(29)31-26(2,3)4/h5-9,21-23H,10-20H2,1-4H3/t21-/m0/s1. The van der Waals surface area contributed by atoms with Crippen molar-refractivity contribution < 1.29 is 14.3 Å². The summed E-state index contributed by atoms with van der Waals surface area (Å²) in [6.45, 7) is 13.6. The van der Waals surface area contributed by atoms with Gasteiger partial charge in [0.2, 0.25) is 0 Å². The van der Waals surface area contributed by atoms with Crippen molar-refractivity contribution in [2.45, 2.75) is 78.0 Å². The minimum absolute atomic E-state index is 0.150. The number of hydrogen-bond acceptors (Lipinski definition) is 4. The molecule has 2 saturated heterocycles. The molecule has 2 aliphatic heterocycles. The Morgan fingerprint density at radius 1 is 1.00 bits per heavy atom. The van der Waals surface area contributed by atoms with E-state index in [-0.39, 0.29) is 6.09 Å². The van der Waals surface area contributed by atoms with Crippen LogP contribution in [-0.2, 0) is 16.1 Å². The van der Waals surface area contributed by atoms with E-state index in [2.05, 4.69) is 36.1 Å². The molecule has 0 aliphatic carbocycles. The Morgan fingerprint density at radius 2 is 1.58 bits per heavy atom. The Kier molecular flexibility index (Phi) is 8.79. The normalized spacial score (nSPS) is 20.6. The first kappa shape index (κ1) is 24.1. The van der Waals surface area contributed by atoms with Gasteiger partial charge in [0.15, 0.2) is 0 Å². The lowest BCUT2D eigenvalue weighted by molar-refractivity contribution is 0.0159. The van der Waals surface area contributed by atoms with Gasteiger partial charge in [-0.3, -0.25) is 4.90 Å². The zero-order valence-corrected chi connectivity index (χ0v) is 20.0. The lowest BCUT2D eigenvalue weighted by atomic mass is 9.82. The van der Waals surface area contributed by atoms with Crippen LogP contribution in [0.4, 0.5) is 4.79 Å². The van der Waals surface area contributed by atoms with E-state index in [1.807, 2.05) is 31.7 Å². The number of rotatable bonds is 7. The Hall–Kier alpha value is -1.59. The number of amides is 1. The van der Waals surface area contributed by atoms with Crippen molar-refractivity contribution in [2.75, 3.05) is 32.8 Å². The van der Waals surface area contributed by atoms with Crippen LogP contribution < -0.4 is 0 Å². The van der Waals surface area contributed by atoms with Crippen molar-refractivity contribution >= 4 is 6.09 Å². The van der Waals surface area contributed by atoms with Crippen LogP contribution in [0.5, 0.6) is 0 Å². The van der Waals surface area contributed by atoms with Crippen LogP contribution in [0.2, 0.25) is 0 Å². The van der Waals surface area contributed by atoms with Crippen LogP contribution in [-0.4, -0.2) is 60.3 Å². The number of benzene rings is 1. The Morgan fingerprint density at radius 3 is 2.16 bits per heavy atom. The van der Waals surface area contributed by atoms with E-state index in [1.165, 1.54) is 37.9 Å². The number of likely N-dealkylation sites (tertiary alicyclic amines) is 2. The van der Waals surface area contributed by atoms with Crippen molar-refractivity contribution in [2.24, 2.45) is 11.8 Å². The van der Waals surface area contributed by atoms with Crippen molar-refractivity contribution in [1.82, 2.24) is 9.80 Å². The molecule has 174 valence electrons.